The van der Waals surface area contributed by atoms with E-state index in [1.807, 2.05) is 18.6 Å². The SMILES string of the molecule is Cc1[nH]ncc1C(C)NCCc1cscn1. The lowest BCUT2D eigenvalue weighted by molar-refractivity contribution is 0.572. The van der Waals surface area contributed by atoms with Crippen molar-refractivity contribution >= 4 is 11.3 Å². The van der Waals surface area contributed by atoms with Crippen molar-refractivity contribution < 1.29 is 0 Å². The van der Waals surface area contributed by atoms with E-state index in [1.165, 1.54) is 5.56 Å². The Labute approximate surface area is 99.1 Å². The third-order valence-electron chi connectivity index (χ3n) is 2.65. The number of nitrogens with one attached hydrogen (secondary N) is 2. The van der Waals surface area contributed by atoms with Gasteiger partial charge in [-0.05, 0) is 13.8 Å². The number of nitrogens with zero attached hydrogens (tertiary/aromatic N) is 2. The van der Waals surface area contributed by atoms with Crippen LogP contribution in [0.3, 0.4) is 0 Å². The Hall–Kier alpha value is -1.20. The second kappa shape index (κ2) is 5.23. The summed E-state index contributed by atoms with van der Waals surface area (Å²) in [4.78, 5) is 4.25. The molecular formula is C11H16N4S. The number of aryl methyl sites for hydroxylation is 1. The van der Waals surface area contributed by atoms with Gasteiger partial charge in [0.05, 0.1) is 17.4 Å². The Bertz CT molecular complexity index is 421. The van der Waals surface area contributed by atoms with E-state index in [0.717, 1.165) is 24.4 Å². The summed E-state index contributed by atoms with van der Waals surface area (Å²) in [5.74, 6) is 0. The van der Waals surface area contributed by atoms with Gasteiger partial charge in [0.25, 0.3) is 0 Å². The van der Waals surface area contributed by atoms with Crippen molar-refractivity contribution in [3.8, 4) is 0 Å². The van der Waals surface area contributed by atoms with Gasteiger partial charge in [-0.25, -0.2) is 4.98 Å². The van der Waals surface area contributed by atoms with E-state index in [0.29, 0.717) is 6.04 Å². The smallest absolute Gasteiger partial charge is 0.0794 e. The fourth-order valence-electron chi connectivity index (χ4n) is 1.68. The molecule has 0 saturated carbocycles. The monoisotopic (exact) mass is 236 g/mol. The number of hydrogen-bond donors (Lipinski definition) is 2. The minimum Gasteiger partial charge on any atom is -0.310 e. The molecule has 0 bridgehead atoms. The zero-order valence-corrected chi connectivity index (χ0v) is 10.3. The minimum atomic E-state index is 0.331. The van der Waals surface area contributed by atoms with Crippen molar-refractivity contribution in [3.05, 3.63) is 34.0 Å². The maximum Gasteiger partial charge on any atom is 0.0794 e. The molecule has 0 saturated heterocycles. The van der Waals surface area contributed by atoms with Crippen LogP contribution in [0.4, 0.5) is 0 Å². The molecule has 0 aliphatic heterocycles. The van der Waals surface area contributed by atoms with E-state index >= 15 is 0 Å². The topological polar surface area (TPSA) is 53.6 Å². The van der Waals surface area contributed by atoms with Crippen LogP contribution in [0.1, 0.15) is 29.9 Å². The molecule has 2 aromatic heterocycles. The van der Waals surface area contributed by atoms with Crippen molar-refractivity contribution in [2.24, 2.45) is 0 Å². The Morgan fingerprint density at radius 2 is 2.44 bits per heavy atom. The lowest BCUT2D eigenvalue weighted by atomic mass is 10.1. The fourth-order valence-corrected chi connectivity index (χ4v) is 2.28. The molecule has 0 amide bonds. The molecule has 0 aliphatic rings. The maximum atomic E-state index is 4.25. The van der Waals surface area contributed by atoms with E-state index in [2.05, 4.69) is 32.8 Å². The van der Waals surface area contributed by atoms with Crippen molar-refractivity contribution in [1.82, 2.24) is 20.5 Å². The van der Waals surface area contributed by atoms with Crippen molar-refractivity contribution in [3.63, 3.8) is 0 Å². The second-order valence-corrected chi connectivity index (χ2v) is 4.57. The number of aromatic nitrogens is 3. The van der Waals surface area contributed by atoms with Crippen LogP contribution in [0.25, 0.3) is 0 Å². The molecule has 0 aromatic carbocycles. The van der Waals surface area contributed by atoms with Crippen molar-refractivity contribution in [2.75, 3.05) is 6.54 Å². The molecule has 16 heavy (non-hydrogen) atoms. The molecule has 0 radical (unpaired) electrons. The summed E-state index contributed by atoms with van der Waals surface area (Å²) in [5.41, 5.74) is 5.40. The molecule has 0 spiro atoms. The van der Waals surface area contributed by atoms with Gasteiger partial charge in [0, 0.05) is 35.6 Å². The molecule has 2 rings (SSSR count). The molecule has 2 heterocycles. The van der Waals surface area contributed by atoms with Crippen molar-refractivity contribution in [2.45, 2.75) is 26.3 Å². The molecule has 2 N–H and O–H groups in total. The lowest BCUT2D eigenvalue weighted by Gasteiger charge is -2.12. The van der Waals surface area contributed by atoms with E-state index in [-0.39, 0.29) is 0 Å². The molecule has 4 nitrogen and oxygen atoms in total. The summed E-state index contributed by atoms with van der Waals surface area (Å²) in [7, 11) is 0. The summed E-state index contributed by atoms with van der Waals surface area (Å²) in [6.07, 6.45) is 2.86. The molecule has 0 aliphatic carbocycles. The Kier molecular flexibility index (Phi) is 3.69. The molecule has 5 heteroatoms. The highest BCUT2D eigenvalue weighted by atomic mass is 32.1. The van der Waals surface area contributed by atoms with Gasteiger partial charge < -0.3 is 5.32 Å². The Balaban J connectivity index is 1.80. The van der Waals surface area contributed by atoms with E-state index in [9.17, 15) is 0 Å². The first-order valence-corrected chi connectivity index (χ1v) is 6.32. The quantitative estimate of drug-likeness (QED) is 0.835. The molecule has 2 aromatic rings. The highest BCUT2D eigenvalue weighted by molar-refractivity contribution is 7.07. The molecule has 86 valence electrons. The van der Waals surface area contributed by atoms with Gasteiger partial charge in [-0.2, -0.15) is 5.10 Å². The molecular weight excluding hydrogens is 220 g/mol. The molecule has 0 fully saturated rings. The van der Waals surface area contributed by atoms with Gasteiger partial charge in [-0.15, -0.1) is 11.3 Å². The van der Waals surface area contributed by atoms with E-state index in [1.54, 1.807) is 11.3 Å². The summed E-state index contributed by atoms with van der Waals surface area (Å²) in [6.45, 7) is 5.13. The average molecular weight is 236 g/mol. The van der Waals surface area contributed by atoms with E-state index in [4.69, 9.17) is 0 Å². The highest BCUT2D eigenvalue weighted by Gasteiger charge is 2.08. The van der Waals surface area contributed by atoms with Crippen molar-refractivity contribution in [1.29, 1.82) is 0 Å². The number of thiazole rings is 1. The van der Waals surface area contributed by atoms with E-state index < -0.39 is 0 Å². The number of hydrogen-bond acceptors (Lipinski definition) is 4. The molecule has 1 unspecified atom stereocenters. The van der Waals surface area contributed by atoms with Gasteiger partial charge in [0.15, 0.2) is 0 Å². The van der Waals surface area contributed by atoms with Crippen LogP contribution in [0, 0.1) is 6.92 Å². The van der Waals surface area contributed by atoms with Gasteiger partial charge in [-0.1, -0.05) is 0 Å². The van der Waals surface area contributed by atoms with Gasteiger partial charge in [-0.3, -0.25) is 5.10 Å². The first kappa shape index (κ1) is 11.3. The number of aromatic amines is 1. The van der Waals surface area contributed by atoms with Gasteiger partial charge >= 0.3 is 0 Å². The largest absolute Gasteiger partial charge is 0.310 e. The number of H-pyrrole nitrogens is 1. The summed E-state index contributed by atoms with van der Waals surface area (Å²) in [6, 6.07) is 0.331. The standard InChI is InChI=1S/C11H16N4S/c1-8(11-5-14-15-9(11)2)12-4-3-10-6-16-7-13-10/h5-8,12H,3-4H2,1-2H3,(H,14,15). The minimum absolute atomic E-state index is 0.331. The first-order valence-electron chi connectivity index (χ1n) is 5.37. The van der Waals surface area contributed by atoms with Gasteiger partial charge in [0.1, 0.15) is 0 Å². The predicted octanol–water partition coefficient (Wildman–Crippen LogP) is 2.07. The van der Waals surface area contributed by atoms with Crippen LogP contribution < -0.4 is 5.32 Å². The Morgan fingerprint density at radius 1 is 1.56 bits per heavy atom. The number of rotatable bonds is 5. The van der Waals surface area contributed by atoms with Crippen LogP contribution in [0.2, 0.25) is 0 Å². The zero-order valence-electron chi connectivity index (χ0n) is 9.53. The van der Waals surface area contributed by atoms with Crippen LogP contribution >= 0.6 is 11.3 Å². The first-order chi connectivity index (χ1) is 7.77. The summed E-state index contributed by atoms with van der Waals surface area (Å²) < 4.78 is 0. The van der Waals surface area contributed by atoms with Crippen LogP contribution in [-0.4, -0.2) is 21.7 Å². The fraction of sp³-hybridized carbons (Fsp3) is 0.455. The lowest BCUT2D eigenvalue weighted by Crippen LogP contribution is -2.21. The Morgan fingerprint density at radius 3 is 3.06 bits per heavy atom. The molecule has 1 atom stereocenters. The third-order valence-corrected chi connectivity index (χ3v) is 3.29. The van der Waals surface area contributed by atoms with Gasteiger partial charge in [0.2, 0.25) is 0 Å². The van der Waals surface area contributed by atoms with Crippen LogP contribution in [0.5, 0.6) is 0 Å². The van der Waals surface area contributed by atoms with Crippen LogP contribution in [0.15, 0.2) is 17.1 Å². The third kappa shape index (κ3) is 2.68. The normalized spacial score (nSPS) is 12.9. The maximum absolute atomic E-state index is 4.25. The second-order valence-electron chi connectivity index (χ2n) is 3.86. The summed E-state index contributed by atoms with van der Waals surface area (Å²) >= 11 is 1.64. The average Bonchev–Trinajstić information content (AvgIpc) is 2.88. The van der Waals surface area contributed by atoms with Crippen LogP contribution in [-0.2, 0) is 6.42 Å². The summed E-state index contributed by atoms with van der Waals surface area (Å²) in [5, 5.41) is 12.5. The zero-order chi connectivity index (χ0) is 11.4. The predicted molar refractivity (Wildman–Crippen MR) is 65.6 cm³/mol. The highest BCUT2D eigenvalue weighted by Crippen LogP contribution is 2.13.